The Labute approximate surface area is 401 Å². The molecule has 0 aliphatic heterocycles. The lowest BCUT2D eigenvalue weighted by molar-refractivity contribution is 0.669. The summed E-state index contributed by atoms with van der Waals surface area (Å²) in [4.78, 5) is 20.6. The second-order valence-electron chi connectivity index (χ2n) is 17.7. The summed E-state index contributed by atoms with van der Waals surface area (Å²) in [5.41, 5.74) is 15.5. The van der Waals surface area contributed by atoms with Crippen LogP contribution in [0.2, 0.25) is 0 Å². The number of aromatic nitrogens is 4. The van der Waals surface area contributed by atoms with Crippen LogP contribution in [0.3, 0.4) is 0 Å². The molecule has 14 rings (SSSR count). The van der Waals surface area contributed by atoms with Gasteiger partial charge in [-0.3, -0.25) is 0 Å². The fraction of sp³-hybridized carbons (Fsp3) is 0. The van der Waals surface area contributed by atoms with E-state index >= 15 is 0 Å². The molecule has 0 atom stereocenters. The molecule has 0 unspecified atom stereocenters. The predicted molar refractivity (Wildman–Crippen MR) is 285 cm³/mol. The van der Waals surface area contributed by atoms with Crippen molar-refractivity contribution < 1.29 is 8.83 Å². The molecule has 0 aliphatic rings. The molecule has 6 nitrogen and oxygen atoms in total. The number of para-hydroxylation sites is 4. The van der Waals surface area contributed by atoms with Gasteiger partial charge < -0.3 is 8.83 Å². The van der Waals surface area contributed by atoms with E-state index in [1.54, 1.807) is 0 Å². The van der Waals surface area contributed by atoms with Crippen molar-refractivity contribution in [1.29, 1.82) is 0 Å². The number of hydrogen-bond donors (Lipinski definition) is 0. The first-order valence-corrected chi connectivity index (χ1v) is 23.4. The van der Waals surface area contributed by atoms with E-state index in [4.69, 9.17) is 28.8 Å². The third-order valence-electron chi connectivity index (χ3n) is 13.5. The van der Waals surface area contributed by atoms with Crippen LogP contribution in [-0.2, 0) is 0 Å². The van der Waals surface area contributed by atoms with Gasteiger partial charge in [-0.25, -0.2) is 19.9 Å². The van der Waals surface area contributed by atoms with E-state index in [0.29, 0.717) is 17.5 Å². The van der Waals surface area contributed by atoms with Crippen LogP contribution in [0.4, 0.5) is 0 Å². The lowest BCUT2D eigenvalue weighted by Crippen LogP contribution is -2.00. The van der Waals surface area contributed by atoms with Gasteiger partial charge in [0.2, 0.25) is 0 Å². The van der Waals surface area contributed by atoms with Gasteiger partial charge in [0.15, 0.2) is 17.5 Å². The van der Waals surface area contributed by atoms with Crippen molar-refractivity contribution >= 4 is 65.6 Å². The van der Waals surface area contributed by atoms with Crippen LogP contribution in [-0.4, -0.2) is 19.9 Å². The van der Waals surface area contributed by atoms with Crippen LogP contribution in [0.1, 0.15) is 0 Å². The van der Waals surface area contributed by atoms with Crippen LogP contribution >= 0.6 is 0 Å². The summed E-state index contributed by atoms with van der Waals surface area (Å²) >= 11 is 0. The molecular weight excluding hydrogens is 857 g/mol. The quantitative estimate of drug-likeness (QED) is 0.148. The van der Waals surface area contributed by atoms with E-state index in [1.807, 2.05) is 60.7 Å². The van der Waals surface area contributed by atoms with Crippen LogP contribution in [0, 0.1) is 0 Å². The van der Waals surface area contributed by atoms with Gasteiger partial charge in [0, 0.05) is 71.1 Å². The van der Waals surface area contributed by atoms with E-state index in [-0.39, 0.29) is 0 Å². The molecule has 4 aromatic heterocycles. The van der Waals surface area contributed by atoms with Gasteiger partial charge >= 0.3 is 0 Å². The fourth-order valence-corrected chi connectivity index (χ4v) is 10.2. The minimum Gasteiger partial charge on any atom is -0.456 e. The predicted octanol–water partition coefficient (Wildman–Crippen LogP) is 17.0. The fourth-order valence-electron chi connectivity index (χ4n) is 10.2. The van der Waals surface area contributed by atoms with Gasteiger partial charge in [-0.1, -0.05) is 200 Å². The molecule has 14 aromatic rings. The summed E-state index contributed by atoms with van der Waals surface area (Å²) in [6.45, 7) is 0. The van der Waals surface area contributed by atoms with Crippen LogP contribution in [0.15, 0.2) is 239 Å². The molecule has 10 aromatic carbocycles. The molecular formula is C64H38N4O2. The summed E-state index contributed by atoms with van der Waals surface area (Å²) in [6, 6.07) is 79.7. The average molecular weight is 895 g/mol. The van der Waals surface area contributed by atoms with E-state index in [9.17, 15) is 0 Å². The minimum atomic E-state index is 0.594. The number of hydrogen-bond acceptors (Lipinski definition) is 6. The van der Waals surface area contributed by atoms with Crippen molar-refractivity contribution in [3.8, 4) is 78.8 Å². The number of rotatable bonds is 7. The molecule has 0 fully saturated rings. The van der Waals surface area contributed by atoms with Crippen LogP contribution in [0.5, 0.6) is 0 Å². The number of fused-ring (bicyclic) bond motifs is 9. The third kappa shape index (κ3) is 6.57. The number of furan rings is 2. The summed E-state index contributed by atoms with van der Waals surface area (Å²) in [6.07, 6.45) is 0. The number of benzene rings is 10. The smallest absolute Gasteiger partial charge is 0.164 e. The molecule has 0 bridgehead atoms. The molecule has 0 spiro atoms. The van der Waals surface area contributed by atoms with Crippen molar-refractivity contribution in [3.63, 3.8) is 0 Å². The third-order valence-corrected chi connectivity index (χ3v) is 13.5. The van der Waals surface area contributed by atoms with Crippen molar-refractivity contribution in [3.05, 3.63) is 231 Å². The maximum Gasteiger partial charge on any atom is 0.164 e. The largest absolute Gasteiger partial charge is 0.456 e. The second-order valence-corrected chi connectivity index (χ2v) is 17.7. The lowest BCUT2D eigenvalue weighted by atomic mass is 9.89. The van der Waals surface area contributed by atoms with Gasteiger partial charge in [0.05, 0.1) is 11.2 Å². The van der Waals surface area contributed by atoms with Crippen molar-refractivity contribution in [2.45, 2.75) is 0 Å². The minimum absolute atomic E-state index is 0.594. The average Bonchev–Trinajstić information content (AvgIpc) is 4.01. The van der Waals surface area contributed by atoms with Gasteiger partial charge in [-0.15, -0.1) is 0 Å². The zero-order valence-electron chi connectivity index (χ0n) is 37.5. The Morgan fingerprint density at radius 2 is 0.800 bits per heavy atom. The monoisotopic (exact) mass is 894 g/mol. The van der Waals surface area contributed by atoms with Gasteiger partial charge in [0.25, 0.3) is 0 Å². The first-order chi connectivity index (χ1) is 34.7. The van der Waals surface area contributed by atoms with Gasteiger partial charge in [-0.2, -0.15) is 0 Å². The van der Waals surface area contributed by atoms with Crippen molar-refractivity contribution in [2.24, 2.45) is 0 Å². The number of pyridine rings is 1. The summed E-state index contributed by atoms with van der Waals surface area (Å²) in [7, 11) is 0. The molecule has 0 saturated heterocycles. The first kappa shape index (κ1) is 39.6. The maximum atomic E-state index is 6.61. The molecule has 6 heteroatoms. The zero-order chi connectivity index (χ0) is 46.1. The Hall–Kier alpha value is -9.52. The highest BCUT2D eigenvalue weighted by molar-refractivity contribution is 6.27. The summed E-state index contributed by atoms with van der Waals surface area (Å²) < 4.78 is 13.0. The van der Waals surface area contributed by atoms with Crippen LogP contribution < -0.4 is 0 Å². The van der Waals surface area contributed by atoms with Gasteiger partial charge in [0.1, 0.15) is 22.3 Å². The summed E-state index contributed by atoms with van der Waals surface area (Å²) in [5, 5.41) is 7.72. The number of nitrogens with zero attached hydrogens (tertiary/aromatic N) is 4. The Bertz CT molecular complexity index is 4330. The normalized spacial score (nSPS) is 11.7. The molecule has 0 radical (unpaired) electrons. The molecule has 326 valence electrons. The highest BCUT2D eigenvalue weighted by Gasteiger charge is 2.22. The van der Waals surface area contributed by atoms with E-state index in [0.717, 1.165) is 127 Å². The maximum absolute atomic E-state index is 6.61. The Balaban J connectivity index is 0.854. The molecule has 0 saturated carbocycles. The lowest BCUT2D eigenvalue weighted by Gasteiger charge is -2.16. The first-order valence-electron chi connectivity index (χ1n) is 23.4. The topological polar surface area (TPSA) is 77.8 Å². The van der Waals surface area contributed by atoms with E-state index in [1.165, 1.54) is 0 Å². The zero-order valence-corrected chi connectivity index (χ0v) is 37.5. The molecule has 0 amide bonds. The van der Waals surface area contributed by atoms with Crippen molar-refractivity contribution in [2.75, 3.05) is 0 Å². The van der Waals surface area contributed by atoms with E-state index < -0.39 is 0 Å². The molecule has 4 heterocycles. The molecule has 0 aliphatic carbocycles. The Kier molecular flexibility index (Phi) is 9.10. The second kappa shape index (κ2) is 16.1. The van der Waals surface area contributed by atoms with E-state index in [2.05, 4.69) is 170 Å². The Morgan fingerprint density at radius 3 is 1.56 bits per heavy atom. The van der Waals surface area contributed by atoms with Gasteiger partial charge in [-0.05, 0) is 52.6 Å². The standard InChI is InChI=1S/C64H38N4O2/c1-3-15-41(16-4-1)57-58-50-22-7-10-26-53(50)65-60(52(58)38-56-59(57)51-23-9-12-28-55(51)69-56)42-33-29-39(30-34-42)45-19-13-20-46(37-45)64-67-62(43-17-5-2-6-18-43)66-63(68-64)44-35-31-40(32-36-44)47-24-14-25-49-48-21-8-11-27-54(48)70-61(47)49/h1-38H. The van der Waals surface area contributed by atoms with Crippen LogP contribution in [0.25, 0.3) is 144 Å². The molecule has 70 heavy (non-hydrogen) atoms. The highest BCUT2D eigenvalue weighted by Crippen LogP contribution is 2.46. The molecule has 0 N–H and O–H groups in total. The SMILES string of the molecule is c1ccc(-c2nc(-c3ccc(-c4cccc5c4oc4ccccc45)cc3)nc(-c3cccc(-c4ccc(-c5nc6ccccc6c6c(-c7ccccc7)c7c(cc56)oc5ccccc57)cc4)c3)n2)cc1. The highest BCUT2D eigenvalue weighted by atomic mass is 16.3. The summed E-state index contributed by atoms with van der Waals surface area (Å²) in [5.74, 6) is 1.80. The Morgan fingerprint density at radius 1 is 0.271 bits per heavy atom. The van der Waals surface area contributed by atoms with Crippen molar-refractivity contribution in [1.82, 2.24) is 19.9 Å².